The van der Waals surface area contributed by atoms with Crippen LogP contribution in [0.3, 0.4) is 0 Å². The molecule has 3 nitrogen and oxygen atoms in total. The third-order valence-corrected chi connectivity index (χ3v) is 3.21. The van der Waals surface area contributed by atoms with E-state index < -0.39 is 0 Å². The summed E-state index contributed by atoms with van der Waals surface area (Å²) in [6, 6.07) is 0. The summed E-state index contributed by atoms with van der Waals surface area (Å²) in [5.74, 6) is 0.601. The Kier molecular flexibility index (Phi) is 2.96. The molecule has 1 heterocycles. The van der Waals surface area contributed by atoms with Gasteiger partial charge in [0.2, 0.25) is 0 Å². The zero-order chi connectivity index (χ0) is 9.97. The first-order chi connectivity index (χ1) is 6.77. The predicted octanol–water partition coefficient (Wildman–Crippen LogP) is 1.35. The van der Waals surface area contributed by atoms with Crippen LogP contribution in [-0.2, 0) is 14.3 Å². The molecule has 1 aliphatic heterocycles. The lowest BCUT2D eigenvalue weighted by Crippen LogP contribution is -2.29. The maximum absolute atomic E-state index is 11.9. The van der Waals surface area contributed by atoms with Gasteiger partial charge in [-0.3, -0.25) is 9.59 Å². The van der Waals surface area contributed by atoms with Crippen molar-refractivity contribution < 1.29 is 14.3 Å². The summed E-state index contributed by atoms with van der Waals surface area (Å²) in [6.45, 7) is 1.36. The van der Waals surface area contributed by atoms with Gasteiger partial charge in [-0.2, -0.15) is 0 Å². The summed E-state index contributed by atoms with van der Waals surface area (Å²) in [5, 5.41) is 0. The molecule has 0 spiro atoms. The van der Waals surface area contributed by atoms with Crippen molar-refractivity contribution in [3.8, 4) is 0 Å². The average molecular weight is 196 g/mol. The van der Waals surface area contributed by atoms with Crippen LogP contribution in [-0.4, -0.2) is 24.8 Å². The van der Waals surface area contributed by atoms with Crippen molar-refractivity contribution in [3.63, 3.8) is 0 Å². The second kappa shape index (κ2) is 4.22. The minimum Gasteiger partial charge on any atom is -0.381 e. The molecule has 1 aliphatic carbocycles. The fourth-order valence-corrected chi connectivity index (χ4v) is 2.36. The summed E-state index contributed by atoms with van der Waals surface area (Å²) in [7, 11) is 0. The topological polar surface area (TPSA) is 43.4 Å². The molecule has 2 atom stereocenters. The minimum absolute atomic E-state index is 0.00852. The van der Waals surface area contributed by atoms with E-state index in [4.69, 9.17) is 4.74 Å². The van der Waals surface area contributed by atoms with Crippen LogP contribution in [0.25, 0.3) is 0 Å². The van der Waals surface area contributed by atoms with Crippen molar-refractivity contribution in [1.29, 1.82) is 0 Å². The van der Waals surface area contributed by atoms with Crippen molar-refractivity contribution in [2.75, 3.05) is 13.2 Å². The minimum atomic E-state index is 0.00852. The highest BCUT2D eigenvalue weighted by Crippen LogP contribution is 2.28. The third-order valence-electron chi connectivity index (χ3n) is 3.21. The van der Waals surface area contributed by atoms with E-state index >= 15 is 0 Å². The van der Waals surface area contributed by atoms with E-state index in [1.54, 1.807) is 0 Å². The molecule has 1 saturated heterocycles. The Balaban J connectivity index is 1.90. The van der Waals surface area contributed by atoms with E-state index in [1.807, 2.05) is 0 Å². The summed E-state index contributed by atoms with van der Waals surface area (Å²) in [6.07, 6.45) is 3.79. The summed E-state index contributed by atoms with van der Waals surface area (Å²) >= 11 is 0. The fourth-order valence-electron chi connectivity index (χ4n) is 2.36. The van der Waals surface area contributed by atoms with Gasteiger partial charge in [0.15, 0.2) is 0 Å². The molecular weight excluding hydrogens is 180 g/mol. The van der Waals surface area contributed by atoms with E-state index in [1.165, 1.54) is 0 Å². The largest absolute Gasteiger partial charge is 0.381 e. The Hall–Kier alpha value is -0.700. The number of ether oxygens (including phenoxy) is 1. The van der Waals surface area contributed by atoms with Crippen LogP contribution in [0.2, 0.25) is 0 Å². The summed E-state index contributed by atoms with van der Waals surface area (Å²) < 4.78 is 5.28. The number of hydrogen-bond acceptors (Lipinski definition) is 3. The average Bonchev–Trinajstić information content (AvgIpc) is 2.65. The number of carbonyl (C=O) groups excluding carboxylic acids is 2. The molecule has 0 aromatic carbocycles. The van der Waals surface area contributed by atoms with E-state index in [0.717, 1.165) is 25.9 Å². The quantitative estimate of drug-likeness (QED) is 0.669. The van der Waals surface area contributed by atoms with Crippen molar-refractivity contribution in [3.05, 3.63) is 0 Å². The van der Waals surface area contributed by atoms with Crippen LogP contribution < -0.4 is 0 Å². The van der Waals surface area contributed by atoms with Gasteiger partial charge in [-0.15, -0.1) is 0 Å². The van der Waals surface area contributed by atoms with Crippen molar-refractivity contribution in [1.82, 2.24) is 0 Å². The maximum Gasteiger partial charge on any atom is 0.141 e. The number of Topliss-reactive ketones (excluding diaryl/α,β-unsaturated/α-hetero) is 2. The van der Waals surface area contributed by atoms with Gasteiger partial charge < -0.3 is 4.74 Å². The first-order valence-corrected chi connectivity index (χ1v) is 5.40. The molecule has 14 heavy (non-hydrogen) atoms. The zero-order valence-corrected chi connectivity index (χ0v) is 8.33. The highest BCUT2D eigenvalue weighted by molar-refractivity contribution is 5.92. The molecule has 2 rings (SSSR count). The van der Waals surface area contributed by atoms with Crippen LogP contribution in [0, 0.1) is 11.8 Å². The van der Waals surface area contributed by atoms with E-state index in [2.05, 4.69) is 0 Å². The zero-order valence-electron chi connectivity index (χ0n) is 8.33. The Morgan fingerprint density at radius 2 is 2.14 bits per heavy atom. The predicted molar refractivity (Wildman–Crippen MR) is 50.9 cm³/mol. The van der Waals surface area contributed by atoms with Crippen LogP contribution in [0.1, 0.15) is 32.1 Å². The molecule has 0 aromatic rings. The summed E-state index contributed by atoms with van der Waals surface area (Å²) in [5.41, 5.74) is 0. The molecular formula is C11H16O3. The van der Waals surface area contributed by atoms with E-state index in [0.29, 0.717) is 19.4 Å². The van der Waals surface area contributed by atoms with Crippen LogP contribution >= 0.6 is 0 Å². The van der Waals surface area contributed by atoms with Crippen LogP contribution in [0.15, 0.2) is 0 Å². The number of rotatable bonds is 2. The lowest BCUT2D eigenvalue weighted by molar-refractivity contribution is -0.131. The third kappa shape index (κ3) is 2.03. The molecule has 78 valence electrons. The molecule has 0 N–H and O–H groups in total. The second-order valence-corrected chi connectivity index (χ2v) is 4.29. The van der Waals surface area contributed by atoms with Crippen LogP contribution in [0.4, 0.5) is 0 Å². The molecule has 0 amide bonds. The molecule has 2 aliphatic rings. The highest BCUT2D eigenvalue weighted by atomic mass is 16.5. The van der Waals surface area contributed by atoms with Gasteiger partial charge in [-0.25, -0.2) is 0 Å². The molecule has 0 radical (unpaired) electrons. The summed E-state index contributed by atoms with van der Waals surface area (Å²) in [4.78, 5) is 23.0. The van der Waals surface area contributed by atoms with Gasteiger partial charge in [-0.05, 0) is 19.3 Å². The van der Waals surface area contributed by atoms with Crippen LogP contribution in [0.5, 0.6) is 0 Å². The van der Waals surface area contributed by atoms with Gasteiger partial charge in [0.05, 0.1) is 6.61 Å². The lowest BCUT2D eigenvalue weighted by Gasteiger charge is -2.23. The van der Waals surface area contributed by atoms with Gasteiger partial charge in [0.25, 0.3) is 0 Å². The van der Waals surface area contributed by atoms with Crippen molar-refractivity contribution in [2.24, 2.45) is 11.8 Å². The van der Waals surface area contributed by atoms with Gasteiger partial charge >= 0.3 is 0 Å². The molecule has 1 saturated carbocycles. The number of carbonyl (C=O) groups is 2. The first kappa shape index (κ1) is 9.84. The number of hydrogen-bond donors (Lipinski definition) is 0. The van der Waals surface area contributed by atoms with Gasteiger partial charge in [0, 0.05) is 31.3 Å². The second-order valence-electron chi connectivity index (χ2n) is 4.29. The van der Waals surface area contributed by atoms with E-state index in [-0.39, 0.29) is 23.4 Å². The maximum atomic E-state index is 11.9. The number of ketones is 2. The Morgan fingerprint density at radius 1 is 1.29 bits per heavy atom. The standard InChI is InChI=1S/C11H16O3/c12-10-4-3-8(6-10)11(13)9-2-1-5-14-7-9/h8-9H,1-7H2. The Labute approximate surface area is 83.8 Å². The van der Waals surface area contributed by atoms with Crippen molar-refractivity contribution in [2.45, 2.75) is 32.1 Å². The molecule has 3 heteroatoms. The fraction of sp³-hybridized carbons (Fsp3) is 0.818. The molecule has 0 aromatic heterocycles. The first-order valence-electron chi connectivity index (χ1n) is 5.40. The monoisotopic (exact) mass is 196 g/mol. The van der Waals surface area contributed by atoms with Gasteiger partial charge in [0.1, 0.15) is 11.6 Å². The van der Waals surface area contributed by atoms with E-state index in [9.17, 15) is 9.59 Å². The normalized spacial score (nSPS) is 33.3. The SMILES string of the molecule is O=C1CCC(C(=O)C2CCCOC2)C1. The molecule has 2 fully saturated rings. The smallest absolute Gasteiger partial charge is 0.141 e. The molecule has 2 unspecified atom stereocenters. The highest BCUT2D eigenvalue weighted by Gasteiger charge is 2.33. The lowest BCUT2D eigenvalue weighted by atomic mass is 9.88. The molecule has 0 bridgehead atoms. The Morgan fingerprint density at radius 3 is 2.71 bits per heavy atom. The van der Waals surface area contributed by atoms with Crippen molar-refractivity contribution >= 4 is 11.6 Å². The Bertz CT molecular complexity index is 241. The van der Waals surface area contributed by atoms with Gasteiger partial charge in [-0.1, -0.05) is 0 Å².